The summed E-state index contributed by atoms with van der Waals surface area (Å²) in [6, 6.07) is 61.8. The summed E-state index contributed by atoms with van der Waals surface area (Å²) in [4.78, 5) is 0. The molecule has 0 radical (unpaired) electrons. The molecule has 0 aliphatic heterocycles. The molecule has 0 atom stereocenters. The number of hydrogen-bond donors (Lipinski definition) is 0. The van der Waals surface area contributed by atoms with Gasteiger partial charge >= 0.3 is 0 Å². The van der Waals surface area contributed by atoms with E-state index in [-0.39, 0.29) is 0 Å². The predicted molar refractivity (Wildman–Crippen MR) is 201 cm³/mol. The molecule has 0 saturated heterocycles. The Balaban J connectivity index is 1.09. The van der Waals surface area contributed by atoms with Crippen molar-refractivity contribution in [3.8, 4) is 33.6 Å². The van der Waals surface area contributed by atoms with Crippen LogP contribution in [0, 0.1) is 0 Å². The summed E-state index contributed by atoms with van der Waals surface area (Å²) in [7, 11) is 0. The third kappa shape index (κ3) is 4.04. The van der Waals surface area contributed by atoms with Crippen molar-refractivity contribution in [3.05, 3.63) is 170 Å². The quantitative estimate of drug-likeness (QED) is 0.186. The van der Waals surface area contributed by atoms with Crippen molar-refractivity contribution >= 4 is 64.3 Å². The zero-order valence-electron chi connectivity index (χ0n) is 25.5. The zero-order valence-corrected chi connectivity index (χ0v) is 26.3. The first-order valence-corrected chi connectivity index (χ1v) is 16.8. The summed E-state index contributed by atoms with van der Waals surface area (Å²) < 4.78 is 7.47. The second-order valence-corrected chi connectivity index (χ2v) is 13.2. The van der Waals surface area contributed by atoms with Gasteiger partial charge in [-0.2, -0.15) is 0 Å². The van der Waals surface area contributed by atoms with Crippen molar-refractivity contribution in [1.29, 1.82) is 0 Å². The van der Waals surface area contributed by atoms with E-state index in [2.05, 4.69) is 179 Å². The van der Waals surface area contributed by atoms with Crippen LogP contribution in [0.5, 0.6) is 0 Å². The van der Waals surface area contributed by atoms with Crippen LogP contribution in [0.2, 0.25) is 0 Å². The molecule has 2 nitrogen and oxygen atoms in total. The summed E-state index contributed by atoms with van der Waals surface area (Å²) in [5.41, 5.74) is 12.2. The van der Waals surface area contributed by atoms with Gasteiger partial charge in [0, 0.05) is 37.6 Å². The topological polar surface area (TPSA) is 9.86 Å². The number of benzene rings is 7. The Labute approximate surface area is 276 Å². The third-order valence-electron chi connectivity index (χ3n) is 9.53. The Bertz CT molecular complexity index is 2760. The number of rotatable bonds is 4. The molecular weight excluding hydrogens is 589 g/mol. The van der Waals surface area contributed by atoms with Crippen LogP contribution in [0.25, 0.3) is 86.6 Å². The number of aromatic nitrogens is 2. The van der Waals surface area contributed by atoms with Crippen molar-refractivity contribution in [2.75, 3.05) is 0 Å². The van der Waals surface area contributed by atoms with E-state index in [1.807, 2.05) is 11.3 Å². The molecule has 0 amide bonds. The standard InChI is InChI=1S/C44H28N2S/c1-3-11-33(12-4-1)45-39-17-9-7-15-35(39)36-25-23-32(28-41(36)45)30-21-19-29(20-22-30)31-24-26-42-38(27-31)43-44(47-42)37-16-8-10-18-40(37)46(43)34-13-5-2-6-14-34/h1-28H. The molecule has 0 spiro atoms. The van der Waals surface area contributed by atoms with E-state index in [1.165, 1.54) is 86.6 Å². The van der Waals surface area contributed by atoms with Gasteiger partial charge in [-0.3, -0.25) is 0 Å². The number of fused-ring (bicyclic) bond motifs is 8. The molecule has 3 aromatic heterocycles. The number of thiophene rings is 1. The van der Waals surface area contributed by atoms with Crippen molar-refractivity contribution in [3.63, 3.8) is 0 Å². The molecule has 0 N–H and O–H groups in total. The lowest BCUT2D eigenvalue weighted by molar-refractivity contribution is 1.18. The fraction of sp³-hybridized carbons (Fsp3) is 0. The fourth-order valence-corrected chi connectivity index (χ4v) is 8.56. The van der Waals surface area contributed by atoms with Crippen LogP contribution in [-0.4, -0.2) is 9.13 Å². The maximum absolute atomic E-state index is 2.43. The minimum absolute atomic E-state index is 1.18. The largest absolute Gasteiger partial charge is 0.309 e. The SMILES string of the molecule is c1ccc(-n2c3ccccc3c3ccc(-c4ccc(-c5ccc6sc7c8ccccc8n(-c8ccccc8)c7c6c5)cc4)cc32)cc1. The summed E-state index contributed by atoms with van der Waals surface area (Å²) in [6.45, 7) is 0. The molecule has 7 aromatic carbocycles. The second-order valence-electron chi connectivity index (χ2n) is 12.2. The smallest absolute Gasteiger partial charge is 0.0727 e. The normalized spacial score (nSPS) is 11.8. The Morgan fingerprint density at radius 3 is 1.55 bits per heavy atom. The molecule has 0 unspecified atom stereocenters. The van der Waals surface area contributed by atoms with E-state index in [4.69, 9.17) is 0 Å². The summed E-state index contributed by atoms with van der Waals surface area (Å²) >= 11 is 1.89. The molecule has 0 saturated carbocycles. The minimum Gasteiger partial charge on any atom is -0.309 e. The van der Waals surface area contributed by atoms with E-state index < -0.39 is 0 Å². The number of para-hydroxylation sites is 4. The predicted octanol–water partition coefficient (Wildman–Crippen LogP) is 12.4. The van der Waals surface area contributed by atoms with Gasteiger partial charge in [-0.05, 0) is 76.9 Å². The Hall–Kier alpha value is -5.90. The minimum atomic E-state index is 1.18. The van der Waals surface area contributed by atoms with Gasteiger partial charge in [-0.15, -0.1) is 11.3 Å². The van der Waals surface area contributed by atoms with E-state index in [0.717, 1.165) is 0 Å². The lowest BCUT2D eigenvalue weighted by Gasteiger charge is -2.10. The van der Waals surface area contributed by atoms with Crippen molar-refractivity contribution in [2.24, 2.45) is 0 Å². The third-order valence-corrected chi connectivity index (χ3v) is 10.7. The molecule has 0 aliphatic rings. The summed E-state index contributed by atoms with van der Waals surface area (Å²) in [5, 5.41) is 5.15. The molecule has 0 fully saturated rings. The van der Waals surface area contributed by atoms with Crippen LogP contribution in [0.1, 0.15) is 0 Å². The summed E-state index contributed by atoms with van der Waals surface area (Å²) in [6.07, 6.45) is 0. The maximum Gasteiger partial charge on any atom is 0.0727 e. The van der Waals surface area contributed by atoms with Gasteiger partial charge in [0.25, 0.3) is 0 Å². The van der Waals surface area contributed by atoms with Crippen LogP contribution in [-0.2, 0) is 0 Å². The van der Waals surface area contributed by atoms with Gasteiger partial charge in [0.15, 0.2) is 0 Å². The fourth-order valence-electron chi connectivity index (χ4n) is 7.36. The first-order chi connectivity index (χ1) is 23.3. The highest BCUT2D eigenvalue weighted by Gasteiger charge is 2.18. The Morgan fingerprint density at radius 2 is 0.851 bits per heavy atom. The molecule has 0 bridgehead atoms. The van der Waals surface area contributed by atoms with Crippen molar-refractivity contribution in [2.45, 2.75) is 0 Å². The van der Waals surface area contributed by atoms with Gasteiger partial charge < -0.3 is 9.13 Å². The molecule has 3 heterocycles. The average Bonchev–Trinajstić information content (AvgIpc) is 3.79. The first-order valence-electron chi connectivity index (χ1n) is 16.0. The maximum atomic E-state index is 2.43. The second kappa shape index (κ2) is 10.3. The highest BCUT2D eigenvalue weighted by atomic mass is 32.1. The van der Waals surface area contributed by atoms with Gasteiger partial charge in [-0.1, -0.05) is 115 Å². The summed E-state index contributed by atoms with van der Waals surface area (Å²) in [5.74, 6) is 0. The van der Waals surface area contributed by atoms with Crippen LogP contribution < -0.4 is 0 Å². The molecule has 0 aliphatic carbocycles. The van der Waals surface area contributed by atoms with E-state index in [9.17, 15) is 0 Å². The zero-order chi connectivity index (χ0) is 30.9. The molecule has 220 valence electrons. The molecular formula is C44H28N2S. The monoisotopic (exact) mass is 616 g/mol. The number of hydrogen-bond acceptors (Lipinski definition) is 1. The molecule has 10 rings (SSSR count). The molecule has 47 heavy (non-hydrogen) atoms. The Kier molecular flexibility index (Phi) is 5.78. The van der Waals surface area contributed by atoms with Crippen LogP contribution >= 0.6 is 11.3 Å². The van der Waals surface area contributed by atoms with Gasteiger partial charge in [-0.25, -0.2) is 0 Å². The Morgan fingerprint density at radius 1 is 0.340 bits per heavy atom. The van der Waals surface area contributed by atoms with E-state index >= 15 is 0 Å². The van der Waals surface area contributed by atoms with Crippen LogP contribution in [0.15, 0.2) is 170 Å². The van der Waals surface area contributed by atoms with Gasteiger partial charge in [0.1, 0.15) is 0 Å². The van der Waals surface area contributed by atoms with E-state index in [1.54, 1.807) is 0 Å². The van der Waals surface area contributed by atoms with Crippen LogP contribution in [0.4, 0.5) is 0 Å². The first kappa shape index (κ1) is 26.3. The van der Waals surface area contributed by atoms with Crippen molar-refractivity contribution < 1.29 is 0 Å². The highest BCUT2D eigenvalue weighted by Crippen LogP contribution is 2.43. The number of nitrogens with zero attached hydrogens (tertiary/aromatic N) is 2. The average molecular weight is 617 g/mol. The van der Waals surface area contributed by atoms with Gasteiger partial charge in [0.2, 0.25) is 0 Å². The van der Waals surface area contributed by atoms with Crippen LogP contribution in [0.3, 0.4) is 0 Å². The molecule has 10 aromatic rings. The lowest BCUT2D eigenvalue weighted by atomic mass is 9.99. The highest BCUT2D eigenvalue weighted by molar-refractivity contribution is 7.26. The molecule has 3 heteroatoms. The van der Waals surface area contributed by atoms with E-state index in [0.29, 0.717) is 0 Å². The van der Waals surface area contributed by atoms with Crippen molar-refractivity contribution in [1.82, 2.24) is 9.13 Å². The lowest BCUT2D eigenvalue weighted by Crippen LogP contribution is -1.93. The van der Waals surface area contributed by atoms with Gasteiger partial charge in [0.05, 0.1) is 26.8 Å².